The van der Waals surface area contributed by atoms with Crippen molar-refractivity contribution in [2.75, 3.05) is 5.32 Å². The van der Waals surface area contributed by atoms with Crippen LogP contribution in [0.3, 0.4) is 0 Å². The number of benzene rings is 1. The molecule has 0 bridgehead atoms. The minimum Gasteiger partial charge on any atom is -0.347 e. The molecule has 0 unspecified atom stereocenters. The van der Waals surface area contributed by atoms with Crippen LogP contribution in [0.5, 0.6) is 0 Å². The van der Waals surface area contributed by atoms with Gasteiger partial charge in [0.25, 0.3) is 11.8 Å². The van der Waals surface area contributed by atoms with E-state index in [1.807, 2.05) is 30.3 Å². The maximum absolute atomic E-state index is 12.7. The monoisotopic (exact) mass is 388 g/mol. The Morgan fingerprint density at radius 1 is 0.897 bits per heavy atom. The molecule has 0 aliphatic rings. The van der Waals surface area contributed by atoms with Gasteiger partial charge >= 0.3 is 0 Å². The lowest BCUT2D eigenvalue weighted by Gasteiger charge is -2.22. The minimum absolute atomic E-state index is 0.120. The first kappa shape index (κ1) is 20.2. The smallest absolute Gasteiger partial charge is 0.274 e. The minimum atomic E-state index is -0.358. The summed E-state index contributed by atoms with van der Waals surface area (Å²) in [6.45, 7) is 6.60. The van der Waals surface area contributed by atoms with Crippen molar-refractivity contribution in [3.63, 3.8) is 0 Å². The topological polar surface area (TPSA) is 84.0 Å². The molecule has 2 aromatic heterocycles. The second-order valence-electron chi connectivity index (χ2n) is 7.70. The number of rotatable bonds is 5. The number of carbonyl (C=O) groups is 2. The van der Waals surface area contributed by atoms with Crippen molar-refractivity contribution in [3.05, 3.63) is 89.5 Å². The molecule has 148 valence electrons. The number of pyridine rings is 2. The number of hydrogen-bond acceptors (Lipinski definition) is 4. The number of nitrogens with one attached hydrogen (secondary N) is 2. The Morgan fingerprint density at radius 3 is 2.31 bits per heavy atom. The third-order valence-electron chi connectivity index (χ3n) is 4.37. The van der Waals surface area contributed by atoms with Crippen LogP contribution in [0, 0.1) is 0 Å². The predicted molar refractivity (Wildman–Crippen MR) is 113 cm³/mol. The molecule has 29 heavy (non-hydrogen) atoms. The van der Waals surface area contributed by atoms with Gasteiger partial charge in [0.1, 0.15) is 11.4 Å². The van der Waals surface area contributed by atoms with Crippen molar-refractivity contribution in [2.24, 2.45) is 0 Å². The number of nitrogens with zero attached hydrogens (tertiary/aromatic N) is 2. The maximum atomic E-state index is 12.7. The molecule has 0 atom stereocenters. The van der Waals surface area contributed by atoms with E-state index >= 15 is 0 Å². The van der Waals surface area contributed by atoms with Gasteiger partial charge in [0, 0.05) is 24.6 Å². The van der Waals surface area contributed by atoms with E-state index in [1.54, 1.807) is 36.7 Å². The molecule has 0 radical (unpaired) electrons. The summed E-state index contributed by atoms with van der Waals surface area (Å²) in [5.41, 5.74) is 2.89. The van der Waals surface area contributed by atoms with Crippen LogP contribution in [0.15, 0.2) is 67.0 Å². The SMILES string of the molecule is CC(C)(C)c1ccccc1NC(=O)c1cccc(C(=O)NCc2cccnc2)n1. The molecule has 6 heteroatoms. The Hall–Kier alpha value is -3.54. The van der Waals surface area contributed by atoms with Crippen molar-refractivity contribution >= 4 is 17.5 Å². The fourth-order valence-electron chi connectivity index (χ4n) is 2.90. The van der Waals surface area contributed by atoms with Crippen molar-refractivity contribution in [1.82, 2.24) is 15.3 Å². The lowest BCUT2D eigenvalue weighted by Crippen LogP contribution is -2.25. The summed E-state index contributed by atoms with van der Waals surface area (Å²) in [7, 11) is 0. The summed E-state index contributed by atoms with van der Waals surface area (Å²) >= 11 is 0. The zero-order valence-corrected chi connectivity index (χ0v) is 16.8. The van der Waals surface area contributed by atoms with Crippen LogP contribution >= 0.6 is 0 Å². The first-order chi connectivity index (χ1) is 13.8. The fourth-order valence-corrected chi connectivity index (χ4v) is 2.90. The molecule has 0 saturated carbocycles. The first-order valence-electron chi connectivity index (χ1n) is 9.39. The molecule has 3 rings (SSSR count). The number of amides is 2. The molecular formula is C23H24N4O2. The lowest BCUT2D eigenvalue weighted by molar-refractivity contribution is 0.0945. The molecule has 0 aliphatic carbocycles. The van der Waals surface area contributed by atoms with Gasteiger partial charge in [-0.05, 0) is 40.8 Å². The molecule has 0 saturated heterocycles. The summed E-state index contributed by atoms with van der Waals surface area (Å²) in [5.74, 6) is -0.706. The van der Waals surface area contributed by atoms with Gasteiger partial charge in [0.05, 0.1) is 0 Å². The van der Waals surface area contributed by atoms with Crippen LogP contribution in [-0.2, 0) is 12.0 Å². The van der Waals surface area contributed by atoms with Gasteiger partial charge in [0.2, 0.25) is 0 Å². The van der Waals surface area contributed by atoms with Gasteiger partial charge < -0.3 is 10.6 Å². The second-order valence-corrected chi connectivity index (χ2v) is 7.70. The quantitative estimate of drug-likeness (QED) is 0.693. The Balaban J connectivity index is 1.72. The summed E-state index contributed by atoms with van der Waals surface area (Å²) in [6, 6.07) is 16.2. The third-order valence-corrected chi connectivity index (χ3v) is 4.37. The maximum Gasteiger partial charge on any atom is 0.274 e. The molecule has 1 aromatic carbocycles. The first-order valence-corrected chi connectivity index (χ1v) is 9.39. The van der Waals surface area contributed by atoms with E-state index in [4.69, 9.17) is 0 Å². The molecule has 6 nitrogen and oxygen atoms in total. The van der Waals surface area contributed by atoms with Gasteiger partial charge in [0.15, 0.2) is 0 Å². The average Bonchev–Trinajstić information content (AvgIpc) is 2.72. The van der Waals surface area contributed by atoms with E-state index in [1.165, 1.54) is 0 Å². The molecular weight excluding hydrogens is 364 g/mol. The Bertz CT molecular complexity index is 1010. The van der Waals surface area contributed by atoms with E-state index in [-0.39, 0.29) is 28.6 Å². The van der Waals surface area contributed by atoms with Crippen molar-refractivity contribution < 1.29 is 9.59 Å². The van der Waals surface area contributed by atoms with Crippen LogP contribution in [-0.4, -0.2) is 21.8 Å². The van der Waals surface area contributed by atoms with Gasteiger partial charge in [-0.15, -0.1) is 0 Å². The Morgan fingerprint density at radius 2 is 1.62 bits per heavy atom. The van der Waals surface area contributed by atoms with Crippen molar-refractivity contribution in [3.8, 4) is 0 Å². The molecule has 0 fully saturated rings. The number of aromatic nitrogens is 2. The van der Waals surface area contributed by atoms with E-state index in [9.17, 15) is 9.59 Å². The molecule has 0 aliphatic heterocycles. The predicted octanol–water partition coefficient (Wildman–Crippen LogP) is 3.96. The molecule has 3 aromatic rings. The van der Waals surface area contributed by atoms with Crippen LogP contribution in [0.25, 0.3) is 0 Å². The number of para-hydroxylation sites is 1. The van der Waals surface area contributed by atoms with Crippen molar-refractivity contribution in [2.45, 2.75) is 32.7 Å². The standard InChI is InChI=1S/C23H24N4O2/c1-23(2,3)17-9-4-5-10-18(17)27-22(29)20-12-6-11-19(26-20)21(28)25-15-16-8-7-13-24-14-16/h4-14H,15H2,1-3H3,(H,25,28)(H,27,29). The highest BCUT2D eigenvalue weighted by Crippen LogP contribution is 2.29. The summed E-state index contributed by atoms with van der Waals surface area (Å²) in [4.78, 5) is 33.4. The van der Waals surface area contributed by atoms with Gasteiger partial charge in [-0.1, -0.05) is 51.1 Å². The largest absolute Gasteiger partial charge is 0.347 e. The Kier molecular flexibility index (Phi) is 6.02. The van der Waals surface area contributed by atoms with Crippen LogP contribution in [0.1, 0.15) is 52.9 Å². The zero-order valence-electron chi connectivity index (χ0n) is 16.8. The lowest BCUT2D eigenvalue weighted by atomic mass is 9.86. The van der Waals surface area contributed by atoms with Gasteiger partial charge in [-0.3, -0.25) is 14.6 Å². The third kappa shape index (κ3) is 5.25. The van der Waals surface area contributed by atoms with Gasteiger partial charge in [-0.25, -0.2) is 4.98 Å². The summed E-state index contributed by atoms with van der Waals surface area (Å²) < 4.78 is 0. The highest BCUT2D eigenvalue weighted by atomic mass is 16.2. The van der Waals surface area contributed by atoms with Crippen LogP contribution in [0.2, 0.25) is 0 Å². The number of carbonyl (C=O) groups excluding carboxylic acids is 2. The van der Waals surface area contributed by atoms with E-state index in [0.29, 0.717) is 6.54 Å². The summed E-state index contributed by atoms with van der Waals surface area (Å²) in [6.07, 6.45) is 3.36. The fraction of sp³-hybridized carbons (Fsp3) is 0.217. The average molecular weight is 388 g/mol. The molecule has 0 spiro atoms. The summed E-state index contributed by atoms with van der Waals surface area (Å²) in [5, 5.41) is 5.70. The van der Waals surface area contributed by atoms with E-state index < -0.39 is 0 Å². The molecule has 2 N–H and O–H groups in total. The van der Waals surface area contributed by atoms with Gasteiger partial charge in [-0.2, -0.15) is 0 Å². The number of hydrogen-bond donors (Lipinski definition) is 2. The second kappa shape index (κ2) is 8.65. The molecule has 2 heterocycles. The molecule has 2 amide bonds. The normalized spacial score (nSPS) is 11.0. The number of anilines is 1. The van der Waals surface area contributed by atoms with Crippen LogP contribution < -0.4 is 10.6 Å². The zero-order chi connectivity index (χ0) is 20.9. The Labute approximate surface area is 170 Å². The van der Waals surface area contributed by atoms with E-state index in [0.717, 1.165) is 16.8 Å². The highest BCUT2D eigenvalue weighted by Gasteiger charge is 2.19. The highest BCUT2D eigenvalue weighted by molar-refractivity contribution is 6.04. The van der Waals surface area contributed by atoms with Crippen molar-refractivity contribution in [1.29, 1.82) is 0 Å². The van der Waals surface area contributed by atoms with Crippen LogP contribution in [0.4, 0.5) is 5.69 Å². The van der Waals surface area contributed by atoms with E-state index in [2.05, 4.69) is 41.4 Å².